The maximum atomic E-state index is 6.02. The van der Waals surface area contributed by atoms with Gasteiger partial charge in [0.25, 0.3) is 0 Å². The van der Waals surface area contributed by atoms with E-state index in [-0.39, 0.29) is 0 Å². The highest BCUT2D eigenvalue weighted by molar-refractivity contribution is 6.38. The Morgan fingerprint density at radius 1 is 0.941 bits per heavy atom. The molecule has 0 amide bonds. The highest BCUT2D eigenvalue weighted by atomic mass is 35.5. The average Bonchev–Trinajstić information content (AvgIpc) is 2.36. The number of nitrogens with zero attached hydrogens (tertiary/aromatic N) is 1. The van der Waals surface area contributed by atoms with Gasteiger partial charge in [-0.15, -0.1) is 0 Å². The number of halogens is 2. The number of rotatable bonds is 0. The van der Waals surface area contributed by atoms with Gasteiger partial charge in [0, 0.05) is 32.7 Å². The summed E-state index contributed by atoms with van der Waals surface area (Å²) in [7, 11) is 0. The molecule has 0 N–H and O–H groups in total. The van der Waals surface area contributed by atoms with Gasteiger partial charge in [-0.05, 0) is 25.1 Å². The first-order valence-electron chi connectivity index (χ1n) is 5.89. The van der Waals surface area contributed by atoms with Gasteiger partial charge in [-0.2, -0.15) is 0 Å². The van der Waals surface area contributed by atoms with Crippen molar-refractivity contribution in [1.29, 1.82) is 0 Å². The molecule has 2 aromatic rings. The largest absolute Gasteiger partial charge is 0.261 e. The van der Waals surface area contributed by atoms with Crippen LogP contribution in [0.15, 0.2) is 24.4 Å². The van der Waals surface area contributed by atoms with Crippen molar-refractivity contribution in [2.45, 2.75) is 34.6 Å². The van der Waals surface area contributed by atoms with Crippen LogP contribution < -0.4 is 0 Å². The summed E-state index contributed by atoms with van der Waals surface area (Å²) in [6.45, 7) is 9.94. The topological polar surface area (TPSA) is 12.9 Å². The Hall–Kier alpha value is -0.790. The quantitative estimate of drug-likeness (QED) is 0.581. The number of aromatic nitrogens is 1. The molecule has 0 unspecified atom stereocenters. The zero-order valence-electron chi connectivity index (χ0n) is 11.0. The second kappa shape index (κ2) is 8.32. The van der Waals surface area contributed by atoms with E-state index in [0.29, 0.717) is 10.0 Å². The van der Waals surface area contributed by atoms with Gasteiger partial charge in [-0.1, -0.05) is 50.9 Å². The number of benzene rings is 1. The fourth-order valence-electron chi connectivity index (χ4n) is 1.35. The van der Waals surface area contributed by atoms with Gasteiger partial charge < -0.3 is 0 Å². The minimum atomic E-state index is 0.647. The fourth-order valence-corrected chi connectivity index (χ4v) is 1.90. The molecule has 94 valence electrons. The van der Waals surface area contributed by atoms with E-state index >= 15 is 0 Å². The van der Waals surface area contributed by atoms with E-state index in [2.05, 4.69) is 4.98 Å². The highest BCUT2D eigenvalue weighted by Gasteiger charge is 2.03. The second-order valence-electron chi connectivity index (χ2n) is 2.88. The summed E-state index contributed by atoms with van der Waals surface area (Å²) < 4.78 is 0. The molecule has 3 heteroatoms. The number of hydrogen-bond acceptors (Lipinski definition) is 1. The monoisotopic (exact) mass is 271 g/mol. The van der Waals surface area contributed by atoms with Gasteiger partial charge in [0.05, 0.1) is 0 Å². The van der Waals surface area contributed by atoms with Crippen molar-refractivity contribution >= 4 is 34.0 Å². The van der Waals surface area contributed by atoms with Crippen molar-refractivity contribution in [3.05, 3.63) is 40.1 Å². The SMILES string of the molecule is CC.CC.Cc1nccc2c(Cl)cc(Cl)cc12. The molecule has 1 nitrogen and oxygen atoms in total. The van der Waals surface area contributed by atoms with Crippen molar-refractivity contribution in [3.8, 4) is 0 Å². The molecule has 0 aliphatic carbocycles. The lowest BCUT2D eigenvalue weighted by atomic mass is 10.1. The summed E-state index contributed by atoms with van der Waals surface area (Å²) in [5.74, 6) is 0. The molecular weight excluding hydrogens is 253 g/mol. The first kappa shape index (κ1) is 16.2. The van der Waals surface area contributed by atoms with Gasteiger partial charge in [0.1, 0.15) is 0 Å². The van der Waals surface area contributed by atoms with Crippen molar-refractivity contribution in [3.63, 3.8) is 0 Å². The van der Waals surface area contributed by atoms with E-state index in [9.17, 15) is 0 Å². The third kappa shape index (κ3) is 4.18. The van der Waals surface area contributed by atoms with E-state index in [1.807, 2.05) is 46.8 Å². The molecule has 0 aliphatic rings. The van der Waals surface area contributed by atoms with Gasteiger partial charge in [-0.25, -0.2) is 0 Å². The van der Waals surface area contributed by atoms with Crippen LogP contribution in [0.4, 0.5) is 0 Å². The molecule has 2 rings (SSSR count). The Kier molecular flexibility index (Phi) is 7.94. The normalized spacial score (nSPS) is 8.88. The molecule has 1 aromatic heterocycles. The third-order valence-electron chi connectivity index (χ3n) is 1.99. The number of aryl methyl sites for hydroxylation is 1. The van der Waals surface area contributed by atoms with Crippen LogP contribution in [0.5, 0.6) is 0 Å². The Morgan fingerprint density at radius 2 is 1.53 bits per heavy atom. The lowest BCUT2D eigenvalue weighted by Gasteiger charge is -2.03. The Labute approximate surface area is 114 Å². The predicted octanol–water partition coefficient (Wildman–Crippen LogP) is 5.90. The van der Waals surface area contributed by atoms with Crippen molar-refractivity contribution < 1.29 is 0 Å². The summed E-state index contributed by atoms with van der Waals surface area (Å²) in [5.41, 5.74) is 0.946. The zero-order chi connectivity index (χ0) is 13.4. The van der Waals surface area contributed by atoms with Crippen LogP contribution >= 0.6 is 23.2 Å². The molecule has 0 bridgehead atoms. The van der Waals surface area contributed by atoms with E-state index < -0.39 is 0 Å². The predicted molar refractivity (Wildman–Crippen MR) is 79.2 cm³/mol. The number of pyridine rings is 1. The fraction of sp³-hybridized carbons (Fsp3) is 0.357. The second-order valence-corrected chi connectivity index (χ2v) is 3.72. The smallest absolute Gasteiger partial charge is 0.0500 e. The minimum Gasteiger partial charge on any atom is -0.261 e. The lowest BCUT2D eigenvalue weighted by Crippen LogP contribution is -1.83. The minimum absolute atomic E-state index is 0.647. The third-order valence-corrected chi connectivity index (χ3v) is 2.52. The molecule has 0 saturated heterocycles. The van der Waals surface area contributed by atoms with Crippen LogP contribution in [-0.4, -0.2) is 4.98 Å². The first-order chi connectivity index (χ1) is 8.18. The number of fused-ring (bicyclic) bond motifs is 1. The number of hydrogen-bond donors (Lipinski definition) is 0. The first-order valence-corrected chi connectivity index (χ1v) is 6.64. The molecule has 0 atom stereocenters. The molecule has 1 heterocycles. The molecule has 0 aliphatic heterocycles. The molecular formula is C14H19Cl2N. The Bertz CT molecular complexity index is 467. The molecule has 0 fully saturated rings. The van der Waals surface area contributed by atoms with Gasteiger partial charge in [0.2, 0.25) is 0 Å². The maximum Gasteiger partial charge on any atom is 0.0500 e. The maximum absolute atomic E-state index is 6.02. The van der Waals surface area contributed by atoms with E-state index in [1.165, 1.54) is 0 Å². The van der Waals surface area contributed by atoms with Crippen molar-refractivity contribution in [2.75, 3.05) is 0 Å². The summed E-state index contributed by atoms with van der Waals surface area (Å²) >= 11 is 11.9. The average molecular weight is 272 g/mol. The van der Waals surface area contributed by atoms with E-state index in [1.54, 1.807) is 12.3 Å². The van der Waals surface area contributed by atoms with Crippen LogP contribution in [0.2, 0.25) is 10.0 Å². The Morgan fingerprint density at radius 3 is 2.12 bits per heavy atom. The molecule has 0 saturated carbocycles. The van der Waals surface area contributed by atoms with Crippen LogP contribution in [0, 0.1) is 6.92 Å². The lowest BCUT2D eigenvalue weighted by molar-refractivity contribution is 1.24. The standard InChI is InChI=1S/C10H7Cl2N.2C2H6/c1-6-9-4-7(11)5-10(12)8(9)2-3-13-6;2*1-2/h2-5H,1H3;2*1-2H3. The molecule has 0 spiro atoms. The van der Waals surface area contributed by atoms with Crippen molar-refractivity contribution in [2.24, 2.45) is 0 Å². The van der Waals surface area contributed by atoms with Gasteiger partial charge in [0.15, 0.2) is 0 Å². The highest BCUT2D eigenvalue weighted by Crippen LogP contribution is 2.28. The Balaban J connectivity index is 0.000000581. The molecule has 0 radical (unpaired) electrons. The molecule has 1 aromatic carbocycles. The zero-order valence-corrected chi connectivity index (χ0v) is 12.5. The summed E-state index contributed by atoms with van der Waals surface area (Å²) in [4.78, 5) is 4.17. The van der Waals surface area contributed by atoms with Crippen LogP contribution in [0.3, 0.4) is 0 Å². The van der Waals surface area contributed by atoms with Crippen LogP contribution in [0.1, 0.15) is 33.4 Å². The van der Waals surface area contributed by atoms with E-state index in [4.69, 9.17) is 23.2 Å². The van der Waals surface area contributed by atoms with E-state index in [0.717, 1.165) is 16.5 Å². The van der Waals surface area contributed by atoms with Gasteiger partial charge >= 0.3 is 0 Å². The molecule has 17 heavy (non-hydrogen) atoms. The summed E-state index contributed by atoms with van der Waals surface area (Å²) in [6.07, 6.45) is 1.75. The summed E-state index contributed by atoms with van der Waals surface area (Å²) in [5, 5.41) is 3.33. The summed E-state index contributed by atoms with van der Waals surface area (Å²) in [6, 6.07) is 5.51. The van der Waals surface area contributed by atoms with Gasteiger partial charge in [-0.3, -0.25) is 4.98 Å². The van der Waals surface area contributed by atoms with Crippen LogP contribution in [-0.2, 0) is 0 Å². The van der Waals surface area contributed by atoms with Crippen molar-refractivity contribution in [1.82, 2.24) is 4.98 Å². The van der Waals surface area contributed by atoms with Crippen LogP contribution in [0.25, 0.3) is 10.8 Å².